The van der Waals surface area contributed by atoms with Crippen LogP contribution in [0.15, 0.2) is 30.3 Å². The Kier molecular flexibility index (Phi) is 5.99. The Bertz CT molecular complexity index is 500. The Balaban J connectivity index is 1.96. The lowest BCUT2D eigenvalue weighted by molar-refractivity contribution is -0.130. The molecule has 1 aliphatic heterocycles. The van der Waals surface area contributed by atoms with E-state index in [9.17, 15) is 9.59 Å². The van der Waals surface area contributed by atoms with E-state index >= 15 is 0 Å². The molecule has 0 radical (unpaired) electrons. The summed E-state index contributed by atoms with van der Waals surface area (Å²) in [6.45, 7) is 4.51. The van der Waals surface area contributed by atoms with E-state index < -0.39 is 6.09 Å². The van der Waals surface area contributed by atoms with Gasteiger partial charge in [0.15, 0.2) is 0 Å². The van der Waals surface area contributed by atoms with Gasteiger partial charge in [-0.3, -0.25) is 4.79 Å². The molecule has 0 N–H and O–H groups in total. The third-order valence-electron chi connectivity index (χ3n) is 4.12. The molecule has 1 heterocycles. The van der Waals surface area contributed by atoms with Crippen molar-refractivity contribution >= 4 is 12.0 Å². The fourth-order valence-corrected chi connectivity index (χ4v) is 2.85. The Labute approximate surface area is 132 Å². The summed E-state index contributed by atoms with van der Waals surface area (Å²) < 4.78 is 5.10. The van der Waals surface area contributed by atoms with Gasteiger partial charge < -0.3 is 4.74 Å². The van der Waals surface area contributed by atoms with Crippen molar-refractivity contribution in [2.45, 2.75) is 52.0 Å². The van der Waals surface area contributed by atoms with Gasteiger partial charge in [0.05, 0.1) is 6.04 Å². The maximum atomic E-state index is 12.5. The number of cyclic esters (lactones) is 1. The van der Waals surface area contributed by atoms with Crippen molar-refractivity contribution in [2.75, 3.05) is 6.61 Å². The molecule has 0 spiro atoms. The van der Waals surface area contributed by atoms with Gasteiger partial charge in [-0.05, 0) is 17.9 Å². The van der Waals surface area contributed by atoms with Gasteiger partial charge in [-0.25, -0.2) is 9.69 Å². The fraction of sp³-hybridized carbons (Fsp3) is 0.556. The molecule has 4 nitrogen and oxygen atoms in total. The summed E-state index contributed by atoms with van der Waals surface area (Å²) in [7, 11) is 0. The smallest absolute Gasteiger partial charge is 0.416 e. The predicted octanol–water partition coefficient (Wildman–Crippen LogP) is 3.79. The molecule has 1 aliphatic rings. The van der Waals surface area contributed by atoms with E-state index in [1.165, 1.54) is 4.90 Å². The molecule has 0 aliphatic carbocycles. The largest absolute Gasteiger partial charge is 0.447 e. The van der Waals surface area contributed by atoms with E-state index in [0.29, 0.717) is 25.4 Å². The lowest BCUT2D eigenvalue weighted by Crippen LogP contribution is -2.40. The number of imide groups is 1. The zero-order chi connectivity index (χ0) is 15.9. The number of nitrogens with zero attached hydrogens (tertiary/aromatic N) is 1. The van der Waals surface area contributed by atoms with Gasteiger partial charge in [0.25, 0.3) is 0 Å². The van der Waals surface area contributed by atoms with E-state index in [4.69, 9.17) is 4.74 Å². The zero-order valence-electron chi connectivity index (χ0n) is 13.5. The molecule has 0 bridgehead atoms. The summed E-state index contributed by atoms with van der Waals surface area (Å²) in [5.74, 6) is 0.199. The van der Waals surface area contributed by atoms with Gasteiger partial charge in [0, 0.05) is 6.42 Å². The second-order valence-corrected chi connectivity index (χ2v) is 6.14. The standard InChI is InChI=1S/C18H25NO3/c1-3-4-8-14(2)11-17(20)19-16(13-22-18(19)21)12-15-9-6-5-7-10-15/h5-7,9-10,14,16H,3-4,8,11-13H2,1-2H3/t14-,16-/m0/s1. The highest BCUT2D eigenvalue weighted by atomic mass is 16.6. The molecule has 2 atom stereocenters. The summed E-state index contributed by atoms with van der Waals surface area (Å²) in [6.07, 6.45) is 3.85. The highest BCUT2D eigenvalue weighted by Crippen LogP contribution is 2.21. The van der Waals surface area contributed by atoms with Gasteiger partial charge in [0.1, 0.15) is 6.61 Å². The van der Waals surface area contributed by atoms with Crippen molar-refractivity contribution in [3.8, 4) is 0 Å². The maximum Gasteiger partial charge on any atom is 0.416 e. The minimum absolute atomic E-state index is 0.105. The average molecular weight is 303 g/mol. The van der Waals surface area contributed by atoms with Crippen molar-refractivity contribution in [2.24, 2.45) is 5.92 Å². The number of ether oxygens (including phenoxy) is 1. The van der Waals surface area contributed by atoms with Crippen LogP contribution in [-0.4, -0.2) is 29.5 Å². The van der Waals surface area contributed by atoms with Gasteiger partial charge in [0.2, 0.25) is 5.91 Å². The van der Waals surface area contributed by atoms with Crippen LogP contribution in [0.25, 0.3) is 0 Å². The summed E-state index contributed by atoms with van der Waals surface area (Å²) in [5.41, 5.74) is 1.11. The first-order valence-electron chi connectivity index (χ1n) is 8.14. The number of carbonyl (C=O) groups is 2. The topological polar surface area (TPSA) is 46.6 Å². The van der Waals surface area contributed by atoms with Crippen molar-refractivity contribution < 1.29 is 14.3 Å². The molecule has 1 fully saturated rings. The van der Waals surface area contributed by atoms with Gasteiger partial charge in [-0.1, -0.05) is 63.4 Å². The number of rotatable bonds is 7. The highest BCUT2D eigenvalue weighted by molar-refractivity contribution is 5.93. The zero-order valence-corrected chi connectivity index (χ0v) is 13.5. The minimum Gasteiger partial charge on any atom is -0.447 e. The normalized spacial score (nSPS) is 19.1. The number of hydrogen-bond acceptors (Lipinski definition) is 3. The molecule has 22 heavy (non-hydrogen) atoms. The summed E-state index contributed by atoms with van der Waals surface area (Å²) in [4.78, 5) is 25.7. The minimum atomic E-state index is -0.492. The molecule has 0 aromatic heterocycles. The summed E-state index contributed by atoms with van der Waals surface area (Å²) in [5, 5.41) is 0. The molecular weight excluding hydrogens is 278 g/mol. The molecule has 120 valence electrons. The van der Waals surface area contributed by atoms with Crippen LogP contribution in [0.1, 0.15) is 45.1 Å². The molecule has 2 amide bonds. The Morgan fingerprint density at radius 2 is 2.09 bits per heavy atom. The number of benzene rings is 1. The van der Waals surface area contributed by atoms with E-state index in [2.05, 4.69) is 13.8 Å². The van der Waals surface area contributed by atoms with Crippen molar-refractivity contribution in [1.82, 2.24) is 4.90 Å². The second-order valence-electron chi connectivity index (χ2n) is 6.14. The second kappa shape index (κ2) is 7.97. The Morgan fingerprint density at radius 1 is 1.36 bits per heavy atom. The van der Waals surface area contributed by atoms with E-state index in [0.717, 1.165) is 24.8 Å². The maximum absolute atomic E-state index is 12.5. The fourth-order valence-electron chi connectivity index (χ4n) is 2.85. The molecule has 1 aromatic carbocycles. The lowest BCUT2D eigenvalue weighted by atomic mass is 9.99. The molecule has 0 unspecified atom stereocenters. The van der Waals surface area contributed by atoms with Crippen molar-refractivity contribution in [3.63, 3.8) is 0 Å². The third kappa shape index (κ3) is 4.33. The summed E-state index contributed by atoms with van der Waals surface area (Å²) >= 11 is 0. The van der Waals surface area contributed by atoms with Crippen molar-refractivity contribution in [3.05, 3.63) is 35.9 Å². The van der Waals surface area contributed by atoms with Gasteiger partial charge in [-0.2, -0.15) is 0 Å². The predicted molar refractivity (Wildman–Crippen MR) is 85.4 cm³/mol. The molecule has 1 aromatic rings. The first-order chi connectivity index (χ1) is 10.6. The van der Waals surface area contributed by atoms with Crippen LogP contribution in [0.5, 0.6) is 0 Å². The van der Waals surface area contributed by atoms with Crippen LogP contribution in [-0.2, 0) is 16.0 Å². The monoisotopic (exact) mass is 303 g/mol. The van der Waals surface area contributed by atoms with Crippen LogP contribution in [0.2, 0.25) is 0 Å². The van der Waals surface area contributed by atoms with Gasteiger partial charge in [-0.15, -0.1) is 0 Å². The lowest BCUT2D eigenvalue weighted by Gasteiger charge is -2.21. The third-order valence-corrected chi connectivity index (χ3v) is 4.12. The molecular formula is C18H25NO3. The van der Waals surface area contributed by atoms with Crippen LogP contribution in [0, 0.1) is 5.92 Å². The van der Waals surface area contributed by atoms with Crippen LogP contribution in [0.4, 0.5) is 4.79 Å². The number of hydrogen-bond donors (Lipinski definition) is 0. The number of unbranched alkanes of at least 4 members (excludes halogenated alkanes) is 1. The molecule has 0 saturated carbocycles. The highest BCUT2D eigenvalue weighted by Gasteiger charge is 2.37. The van der Waals surface area contributed by atoms with E-state index in [-0.39, 0.29) is 11.9 Å². The Morgan fingerprint density at radius 3 is 2.77 bits per heavy atom. The molecule has 2 rings (SSSR count). The molecule has 4 heteroatoms. The average Bonchev–Trinajstić information content (AvgIpc) is 2.87. The first-order valence-corrected chi connectivity index (χ1v) is 8.14. The first kappa shape index (κ1) is 16.5. The number of amides is 2. The van der Waals surface area contributed by atoms with Gasteiger partial charge >= 0.3 is 6.09 Å². The van der Waals surface area contributed by atoms with Crippen LogP contribution in [0.3, 0.4) is 0 Å². The van der Waals surface area contributed by atoms with Crippen LogP contribution < -0.4 is 0 Å². The van der Waals surface area contributed by atoms with Crippen LogP contribution >= 0.6 is 0 Å². The number of carbonyl (C=O) groups excluding carboxylic acids is 2. The van der Waals surface area contributed by atoms with E-state index in [1.807, 2.05) is 30.3 Å². The Hall–Kier alpha value is -1.84. The van der Waals surface area contributed by atoms with Crippen molar-refractivity contribution in [1.29, 1.82) is 0 Å². The molecule has 1 saturated heterocycles. The quantitative estimate of drug-likeness (QED) is 0.770. The summed E-state index contributed by atoms with van der Waals surface area (Å²) in [6, 6.07) is 9.72. The van der Waals surface area contributed by atoms with E-state index in [1.54, 1.807) is 0 Å². The SMILES string of the molecule is CCCC[C@H](C)CC(=O)N1C(=O)OC[C@@H]1Cc1ccccc1.